The first-order chi connectivity index (χ1) is 12.7. The van der Waals surface area contributed by atoms with Crippen LogP contribution >= 0.6 is 25.3 Å². The molecule has 0 fully saturated rings. The highest BCUT2D eigenvalue weighted by molar-refractivity contribution is 7.81. The summed E-state index contributed by atoms with van der Waals surface area (Å²) in [6.45, 7) is 1.24. The van der Waals surface area contributed by atoms with Gasteiger partial charge in [-0.3, -0.25) is 4.79 Å². The lowest BCUT2D eigenvalue weighted by atomic mass is 10.1. The molecule has 0 heterocycles. The summed E-state index contributed by atoms with van der Waals surface area (Å²) in [5, 5.41) is 2.79. The van der Waals surface area contributed by atoms with Crippen LogP contribution in [0.25, 0.3) is 10.8 Å². The summed E-state index contributed by atoms with van der Waals surface area (Å²) in [5.41, 5.74) is 1.15. The maximum Gasteiger partial charge on any atom is 0.305 e. The first-order valence-corrected chi connectivity index (χ1v) is 10.3. The Bertz CT molecular complexity index is 670. The molecule has 3 nitrogen and oxygen atoms in total. The molecule has 0 aliphatic rings. The normalized spacial score (nSPS) is 12.2. The lowest BCUT2D eigenvalue weighted by molar-refractivity contribution is -0.145. The molecular formula is C21H28O3S2. The van der Waals surface area contributed by atoms with Crippen LogP contribution in [-0.2, 0) is 20.9 Å². The molecule has 1 unspecified atom stereocenters. The summed E-state index contributed by atoms with van der Waals surface area (Å²) in [7, 11) is 0. The first-order valence-electron chi connectivity index (χ1n) is 9.19. The number of esters is 1. The van der Waals surface area contributed by atoms with Crippen LogP contribution in [0.15, 0.2) is 42.5 Å². The van der Waals surface area contributed by atoms with E-state index in [1.54, 1.807) is 0 Å². The highest BCUT2D eigenvalue weighted by Crippen LogP contribution is 2.19. The van der Waals surface area contributed by atoms with Gasteiger partial charge in [-0.05, 0) is 41.4 Å². The topological polar surface area (TPSA) is 35.5 Å². The van der Waals surface area contributed by atoms with Gasteiger partial charge in [-0.25, -0.2) is 0 Å². The van der Waals surface area contributed by atoms with Crippen molar-refractivity contribution in [3.05, 3.63) is 48.0 Å². The second-order valence-electron chi connectivity index (χ2n) is 6.32. The molecule has 0 saturated carbocycles. The van der Waals surface area contributed by atoms with Crippen LogP contribution in [0.1, 0.15) is 37.7 Å². The molecule has 0 bridgehead atoms. The zero-order valence-corrected chi connectivity index (χ0v) is 16.9. The van der Waals surface area contributed by atoms with Crippen molar-refractivity contribution < 1.29 is 14.3 Å². The van der Waals surface area contributed by atoms with E-state index in [9.17, 15) is 4.79 Å². The van der Waals surface area contributed by atoms with E-state index in [0.717, 1.165) is 37.0 Å². The van der Waals surface area contributed by atoms with Gasteiger partial charge in [-0.15, -0.1) is 0 Å². The molecule has 0 saturated heterocycles. The van der Waals surface area contributed by atoms with Crippen LogP contribution in [0.5, 0.6) is 0 Å². The van der Waals surface area contributed by atoms with Crippen LogP contribution in [0, 0.1) is 0 Å². The number of ether oxygens (including phenoxy) is 2. The molecule has 142 valence electrons. The average Bonchev–Trinajstić information content (AvgIpc) is 2.65. The number of hydrogen-bond acceptors (Lipinski definition) is 5. The van der Waals surface area contributed by atoms with E-state index < -0.39 is 0 Å². The highest BCUT2D eigenvalue weighted by atomic mass is 32.1. The van der Waals surface area contributed by atoms with Gasteiger partial charge in [0.2, 0.25) is 0 Å². The Hall–Kier alpha value is -1.17. The minimum absolute atomic E-state index is 0.149. The Labute approximate surface area is 167 Å². The number of carbonyl (C=O) groups is 1. The molecule has 0 aromatic heterocycles. The third kappa shape index (κ3) is 7.60. The van der Waals surface area contributed by atoms with E-state index in [0.29, 0.717) is 31.5 Å². The number of unbranched alkanes of at least 4 members (excludes halogenated alkanes) is 1. The van der Waals surface area contributed by atoms with E-state index in [2.05, 4.69) is 49.5 Å². The minimum atomic E-state index is -0.149. The highest BCUT2D eigenvalue weighted by Gasteiger charge is 2.06. The van der Waals surface area contributed by atoms with Crippen LogP contribution in [-0.4, -0.2) is 30.2 Å². The van der Waals surface area contributed by atoms with Gasteiger partial charge in [-0.2, -0.15) is 25.3 Å². The zero-order chi connectivity index (χ0) is 18.6. The molecule has 0 spiro atoms. The second-order valence-corrected chi connectivity index (χ2v) is 7.50. The van der Waals surface area contributed by atoms with Gasteiger partial charge in [0.25, 0.3) is 0 Å². The summed E-state index contributed by atoms with van der Waals surface area (Å²) < 4.78 is 10.9. The van der Waals surface area contributed by atoms with Gasteiger partial charge in [0.1, 0.15) is 6.61 Å². The fourth-order valence-corrected chi connectivity index (χ4v) is 3.66. The van der Waals surface area contributed by atoms with E-state index >= 15 is 0 Å². The maximum atomic E-state index is 11.7. The summed E-state index contributed by atoms with van der Waals surface area (Å²) >= 11 is 8.68. The lowest BCUT2D eigenvalue weighted by Crippen LogP contribution is -2.10. The van der Waals surface area contributed by atoms with Crippen LogP contribution in [0.3, 0.4) is 0 Å². The average molecular weight is 393 g/mol. The first kappa shape index (κ1) is 21.1. The second kappa shape index (κ2) is 12.3. The molecule has 1 atom stereocenters. The molecule has 5 heteroatoms. The van der Waals surface area contributed by atoms with Crippen LogP contribution in [0.4, 0.5) is 0 Å². The van der Waals surface area contributed by atoms with Gasteiger partial charge in [0.15, 0.2) is 0 Å². The van der Waals surface area contributed by atoms with Crippen molar-refractivity contribution in [3.63, 3.8) is 0 Å². The number of thiol groups is 2. The standard InChI is InChI=1S/C21H28O3S2/c22-21(11-4-2-9-19(26)12-15-25)24-14-13-23-16-18-8-5-7-17-6-1-3-10-20(17)18/h1,3,5-8,10,19,25-26H,2,4,9,11-16H2. The predicted molar refractivity (Wildman–Crippen MR) is 114 cm³/mol. The molecule has 2 rings (SSSR count). The SMILES string of the molecule is O=C(CCCCC(S)CCS)OCCOCc1cccc2ccccc12. The molecule has 0 N–H and O–H groups in total. The third-order valence-electron chi connectivity index (χ3n) is 4.26. The van der Waals surface area contributed by atoms with Crippen molar-refractivity contribution >= 4 is 42.0 Å². The van der Waals surface area contributed by atoms with Gasteiger partial charge in [0, 0.05) is 11.7 Å². The summed E-state index contributed by atoms with van der Waals surface area (Å²) in [6.07, 6.45) is 4.33. The van der Waals surface area contributed by atoms with Crippen molar-refractivity contribution in [2.24, 2.45) is 0 Å². The molecule has 2 aromatic carbocycles. The fraction of sp³-hybridized carbons (Fsp3) is 0.476. The Balaban J connectivity index is 1.56. The van der Waals surface area contributed by atoms with E-state index in [1.165, 1.54) is 10.8 Å². The van der Waals surface area contributed by atoms with Crippen molar-refractivity contribution in [2.45, 2.75) is 44.0 Å². The van der Waals surface area contributed by atoms with Crippen LogP contribution < -0.4 is 0 Å². The van der Waals surface area contributed by atoms with Gasteiger partial charge in [-0.1, -0.05) is 48.9 Å². The Morgan fingerprint density at radius 2 is 1.81 bits per heavy atom. The lowest BCUT2D eigenvalue weighted by Gasteiger charge is -2.09. The van der Waals surface area contributed by atoms with Gasteiger partial charge < -0.3 is 9.47 Å². The summed E-state index contributed by atoms with van der Waals surface area (Å²) in [4.78, 5) is 11.7. The molecule has 0 amide bonds. The molecule has 0 radical (unpaired) electrons. The largest absolute Gasteiger partial charge is 0.463 e. The number of fused-ring (bicyclic) bond motifs is 1. The third-order valence-corrected chi connectivity index (χ3v) is 5.03. The molecule has 0 aliphatic carbocycles. The number of carbonyl (C=O) groups excluding carboxylic acids is 1. The predicted octanol–water partition coefficient (Wildman–Crippen LogP) is 5.08. The molecule has 2 aromatic rings. The Kier molecular flexibility index (Phi) is 9.96. The quantitative estimate of drug-likeness (QED) is 0.300. The number of hydrogen-bond donors (Lipinski definition) is 2. The fourth-order valence-electron chi connectivity index (χ4n) is 2.83. The Morgan fingerprint density at radius 1 is 1.00 bits per heavy atom. The van der Waals surface area contributed by atoms with Gasteiger partial charge in [0.05, 0.1) is 13.2 Å². The van der Waals surface area contributed by atoms with Crippen molar-refractivity contribution in [3.8, 4) is 0 Å². The number of rotatable bonds is 12. The van der Waals surface area contributed by atoms with E-state index in [4.69, 9.17) is 9.47 Å². The van der Waals surface area contributed by atoms with E-state index in [-0.39, 0.29) is 5.97 Å². The van der Waals surface area contributed by atoms with Crippen molar-refractivity contribution in [2.75, 3.05) is 19.0 Å². The smallest absolute Gasteiger partial charge is 0.305 e. The molecule has 0 aliphatic heterocycles. The molecular weight excluding hydrogens is 364 g/mol. The zero-order valence-electron chi connectivity index (χ0n) is 15.1. The number of benzene rings is 2. The maximum absolute atomic E-state index is 11.7. The monoisotopic (exact) mass is 392 g/mol. The van der Waals surface area contributed by atoms with E-state index in [1.807, 2.05) is 18.2 Å². The van der Waals surface area contributed by atoms with Crippen molar-refractivity contribution in [1.82, 2.24) is 0 Å². The summed E-state index contributed by atoms with van der Waals surface area (Å²) in [6, 6.07) is 14.4. The minimum Gasteiger partial charge on any atom is -0.463 e. The summed E-state index contributed by atoms with van der Waals surface area (Å²) in [5.74, 6) is 0.707. The Morgan fingerprint density at radius 3 is 2.65 bits per heavy atom. The van der Waals surface area contributed by atoms with Gasteiger partial charge >= 0.3 is 5.97 Å². The molecule has 26 heavy (non-hydrogen) atoms. The van der Waals surface area contributed by atoms with Crippen LogP contribution in [0.2, 0.25) is 0 Å². The van der Waals surface area contributed by atoms with Crippen molar-refractivity contribution in [1.29, 1.82) is 0 Å².